The molecule has 3 aliphatic heterocycles. The molecule has 0 atom stereocenters. The first-order valence-corrected chi connectivity index (χ1v) is 23.5. The van der Waals surface area contributed by atoms with Crippen molar-refractivity contribution in [3.05, 3.63) is 199 Å². The zero-order chi connectivity index (χ0) is 41.0. The molecule has 0 unspecified atom stereocenters. The molecule has 0 amide bonds. The van der Waals surface area contributed by atoms with Gasteiger partial charge in [-0.15, -0.1) is 0 Å². The van der Waals surface area contributed by atoms with Crippen molar-refractivity contribution in [2.75, 3.05) is 9.80 Å². The van der Waals surface area contributed by atoms with E-state index in [1.165, 1.54) is 93.5 Å². The number of rotatable bonds is 5. The van der Waals surface area contributed by atoms with Crippen molar-refractivity contribution in [1.29, 1.82) is 0 Å². The molecule has 8 aromatic carbocycles. The third-order valence-electron chi connectivity index (χ3n) is 13.5. The minimum atomic E-state index is -2.87. The Hall–Kier alpha value is -6.36. The third kappa shape index (κ3) is 5.33. The summed E-state index contributed by atoms with van der Waals surface area (Å²) in [7, 11) is -2.87. The Morgan fingerprint density at radius 1 is 0.350 bits per heavy atom. The SMILES string of the molecule is CC(C)(C)c1ccc(-c2ccc(N3c4cccc5c4B4c6c3cccc6[Si](c3ccccc3)(c3ccccc3)c3cccc(c34)N5c3ccc(C(C)(C)C)cc3)cc2)cc1. The summed E-state index contributed by atoms with van der Waals surface area (Å²) < 4.78 is 0. The van der Waals surface area contributed by atoms with Gasteiger partial charge in [0.2, 0.25) is 0 Å². The van der Waals surface area contributed by atoms with Crippen molar-refractivity contribution in [1.82, 2.24) is 0 Å². The van der Waals surface area contributed by atoms with Gasteiger partial charge in [0.1, 0.15) is 0 Å². The van der Waals surface area contributed by atoms with Crippen molar-refractivity contribution in [3.63, 3.8) is 0 Å². The molecule has 0 fully saturated rings. The van der Waals surface area contributed by atoms with Gasteiger partial charge in [-0.1, -0.05) is 181 Å². The topological polar surface area (TPSA) is 6.48 Å². The number of benzene rings is 8. The molecule has 0 aromatic heterocycles. The number of hydrogen-bond acceptors (Lipinski definition) is 2. The van der Waals surface area contributed by atoms with E-state index in [4.69, 9.17) is 0 Å². The summed E-state index contributed by atoms with van der Waals surface area (Å²) in [4.78, 5) is 5.13. The molecular weight excluding hydrogens is 740 g/mol. The maximum absolute atomic E-state index is 2.87. The molecule has 0 N–H and O–H groups in total. The van der Waals surface area contributed by atoms with Crippen molar-refractivity contribution in [2.24, 2.45) is 0 Å². The summed E-state index contributed by atoms with van der Waals surface area (Å²) in [5.41, 5.74) is 17.0. The molecule has 3 aliphatic rings. The van der Waals surface area contributed by atoms with E-state index in [2.05, 4.69) is 239 Å². The summed E-state index contributed by atoms with van der Waals surface area (Å²) in [5.74, 6) is 0. The van der Waals surface area contributed by atoms with Crippen LogP contribution in [0.1, 0.15) is 52.7 Å². The second kappa shape index (κ2) is 13.3. The molecule has 8 aromatic rings. The van der Waals surface area contributed by atoms with Crippen molar-refractivity contribution >= 4 is 86.0 Å². The Balaban J connectivity index is 1.20. The fourth-order valence-corrected chi connectivity index (χ4v) is 15.9. The highest BCUT2D eigenvalue weighted by molar-refractivity contribution is 7.27. The lowest BCUT2D eigenvalue weighted by Crippen LogP contribution is -2.88. The van der Waals surface area contributed by atoms with E-state index in [-0.39, 0.29) is 17.5 Å². The van der Waals surface area contributed by atoms with E-state index in [1.54, 1.807) is 0 Å². The van der Waals surface area contributed by atoms with Crippen LogP contribution >= 0.6 is 0 Å². The highest BCUT2D eigenvalue weighted by Crippen LogP contribution is 2.45. The maximum atomic E-state index is 2.57. The summed E-state index contributed by atoms with van der Waals surface area (Å²) in [5, 5.41) is 5.79. The van der Waals surface area contributed by atoms with Crippen LogP contribution in [0.4, 0.5) is 34.1 Å². The van der Waals surface area contributed by atoms with Crippen LogP contribution in [-0.2, 0) is 10.8 Å². The van der Waals surface area contributed by atoms with Crippen LogP contribution < -0.4 is 46.9 Å². The predicted octanol–water partition coefficient (Wildman–Crippen LogP) is 9.72. The van der Waals surface area contributed by atoms with Crippen LogP contribution in [0.15, 0.2) is 188 Å². The molecule has 2 nitrogen and oxygen atoms in total. The Kier molecular flexibility index (Phi) is 8.15. The molecule has 0 bridgehead atoms. The molecule has 0 saturated heterocycles. The first-order chi connectivity index (χ1) is 29.0. The Morgan fingerprint density at radius 2 is 0.700 bits per heavy atom. The monoisotopic (exact) mass is 788 g/mol. The maximum Gasteiger partial charge on any atom is 0.251 e. The van der Waals surface area contributed by atoms with Crippen LogP contribution in [0.2, 0.25) is 0 Å². The largest absolute Gasteiger partial charge is 0.311 e. The van der Waals surface area contributed by atoms with Gasteiger partial charge >= 0.3 is 0 Å². The van der Waals surface area contributed by atoms with Crippen LogP contribution in [0.5, 0.6) is 0 Å². The molecule has 11 rings (SSSR count). The molecule has 0 aliphatic carbocycles. The van der Waals surface area contributed by atoms with Gasteiger partial charge in [-0.2, -0.15) is 0 Å². The minimum Gasteiger partial charge on any atom is -0.311 e. The summed E-state index contributed by atoms with van der Waals surface area (Å²) in [6.45, 7) is 13.8. The second-order valence-electron chi connectivity index (χ2n) is 18.9. The summed E-state index contributed by atoms with van der Waals surface area (Å²) >= 11 is 0. The van der Waals surface area contributed by atoms with Gasteiger partial charge < -0.3 is 9.80 Å². The fraction of sp³-hybridized carbons (Fsp3) is 0.143. The van der Waals surface area contributed by atoms with Gasteiger partial charge in [0.25, 0.3) is 6.71 Å². The zero-order valence-electron chi connectivity index (χ0n) is 35.4. The highest BCUT2D eigenvalue weighted by Gasteiger charge is 2.56. The van der Waals surface area contributed by atoms with Gasteiger partial charge in [-0.3, -0.25) is 0 Å². The predicted molar refractivity (Wildman–Crippen MR) is 260 cm³/mol. The molecule has 60 heavy (non-hydrogen) atoms. The summed E-state index contributed by atoms with van der Waals surface area (Å²) in [6.07, 6.45) is 0. The van der Waals surface area contributed by atoms with Crippen molar-refractivity contribution in [3.8, 4) is 11.1 Å². The lowest BCUT2D eigenvalue weighted by atomic mass is 9.33. The van der Waals surface area contributed by atoms with Gasteiger partial charge in [-0.25, -0.2) is 0 Å². The quantitative estimate of drug-likeness (QED) is 0.160. The average molecular weight is 789 g/mol. The van der Waals surface area contributed by atoms with Gasteiger partial charge in [0.05, 0.1) is 0 Å². The first-order valence-electron chi connectivity index (χ1n) is 21.5. The number of nitrogens with zero attached hydrogens (tertiary/aromatic N) is 2. The number of hydrogen-bond donors (Lipinski definition) is 0. The normalized spacial score (nSPS) is 14.5. The molecule has 0 saturated carbocycles. The van der Waals surface area contributed by atoms with Crippen LogP contribution in [0.25, 0.3) is 11.1 Å². The van der Waals surface area contributed by atoms with Crippen molar-refractivity contribution < 1.29 is 0 Å². The minimum absolute atomic E-state index is 0.0615. The summed E-state index contributed by atoms with van der Waals surface area (Å²) in [6, 6.07) is 72.0. The van der Waals surface area contributed by atoms with Gasteiger partial charge in [0.15, 0.2) is 8.07 Å². The lowest BCUT2D eigenvalue weighted by molar-refractivity contribution is 0.590. The fourth-order valence-electron chi connectivity index (χ4n) is 10.6. The van der Waals surface area contributed by atoms with E-state index in [1.807, 2.05) is 0 Å². The third-order valence-corrected chi connectivity index (χ3v) is 18.4. The van der Waals surface area contributed by atoms with Crippen LogP contribution in [0, 0.1) is 0 Å². The van der Waals surface area contributed by atoms with E-state index >= 15 is 0 Å². The van der Waals surface area contributed by atoms with E-state index in [0.29, 0.717) is 0 Å². The van der Waals surface area contributed by atoms with Crippen molar-refractivity contribution in [2.45, 2.75) is 52.4 Å². The number of anilines is 6. The zero-order valence-corrected chi connectivity index (χ0v) is 36.4. The lowest BCUT2D eigenvalue weighted by Gasteiger charge is -2.51. The molecule has 4 heteroatoms. The Labute approximate surface area is 356 Å². The molecule has 290 valence electrons. The molecule has 0 spiro atoms. The molecular formula is C56H49BN2Si. The average Bonchev–Trinajstić information content (AvgIpc) is 3.27. The van der Waals surface area contributed by atoms with E-state index in [0.717, 1.165) is 0 Å². The van der Waals surface area contributed by atoms with E-state index in [9.17, 15) is 0 Å². The first kappa shape index (κ1) is 36.7. The Morgan fingerprint density at radius 3 is 1.12 bits per heavy atom. The van der Waals surface area contributed by atoms with Gasteiger partial charge in [-0.05, 0) is 119 Å². The standard InChI is InChI=1S/C56H49BN2Si/c1-55(2,3)40-30-26-38(27-31-40)39-28-34-42(35-29-39)58-46-20-13-21-47-52(46)57-53-48(58)22-14-24-50(53)60(44-16-9-7-10-17-44,45-18-11-8-12-19-45)51-25-15-23-49(54(51)57)59(47)43-36-32-41(33-37-43)56(4,5)6/h7-37H,1-6H3. The molecule has 0 radical (unpaired) electrons. The second-order valence-corrected chi connectivity index (χ2v) is 22.7. The highest BCUT2D eigenvalue weighted by atomic mass is 28.3. The smallest absolute Gasteiger partial charge is 0.251 e. The Bertz CT molecular complexity index is 2890. The van der Waals surface area contributed by atoms with E-state index < -0.39 is 8.07 Å². The van der Waals surface area contributed by atoms with Gasteiger partial charge in [0, 0.05) is 34.1 Å². The van der Waals surface area contributed by atoms with Crippen LogP contribution in [0.3, 0.4) is 0 Å². The van der Waals surface area contributed by atoms with Crippen LogP contribution in [-0.4, -0.2) is 14.8 Å². The molecule has 3 heterocycles.